The number of rotatable bonds is 3. The van der Waals surface area contributed by atoms with E-state index in [0.29, 0.717) is 12.0 Å². The molecule has 0 unspecified atom stereocenters. The van der Waals surface area contributed by atoms with Gasteiger partial charge in [-0.25, -0.2) is 0 Å². The van der Waals surface area contributed by atoms with E-state index >= 15 is 0 Å². The lowest BCUT2D eigenvalue weighted by Crippen LogP contribution is -1.99. The maximum absolute atomic E-state index is 10.7. The van der Waals surface area contributed by atoms with Gasteiger partial charge in [0.1, 0.15) is 6.20 Å². The summed E-state index contributed by atoms with van der Waals surface area (Å²) in [7, 11) is 0. The van der Waals surface area contributed by atoms with Crippen molar-refractivity contribution < 1.29 is 4.92 Å². The third-order valence-electron chi connectivity index (χ3n) is 2.14. The zero-order valence-electron chi connectivity index (χ0n) is 8.41. The van der Waals surface area contributed by atoms with Gasteiger partial charge in [-0.2, -0.15) is 0 Å². The predicted octanol–water partition coefficient (Wildman–Crippen LogP) is 1.98. The summed E-state index contributed by atoms with van der Waals surface area (Å²) in [5.41, 5.74) is 1.37. The third-order valence-corrected chi connectivity index (χ3v) is 2.14. The lowest BCUT2D eigenvalue weighted by molar-refractivity contribution is -0.390. The zero-order chi connectivity index (χ0) is 11.4. The highest BCUT2D eigenvalue weighted by molar-refractivity contribution is 5.34. The first-order valence-corrected chi connectivity index (χ1v) is 4.75. The Hall–Kier alpha value is -2.30. The molecule has 5 nitrogen and oxygen atoms in total. The fourth-order valence-corrected chi connectivity index (χ4v) is 1.43. The van der Waals surface area contributed by atoms with Crippen LogP contribution in [0.5, 0.6) is 0 Å². The van der Waals surface area contributed by atoms with Crippen LogP contribution in [0.25, 0.3) is 0 Å². The first-order valence-electron chi connectivity index (χ1n) is 4.75. The van der Waals surface area contributed by atoms with E-state index in [9.17, 15) is 10.1 Å². The minimum Gasteiger partial charge on any atom is -0.358 e. The van der Waals surface area contributed by atoms with Crippen molar-refractivity contribution >= 4 is 5.82 Å². The first kappa shape index (κ1) is 10.2. The Balaban J connectivity index is 2.31. The van der Waals surface area contributed by atoms with Gasteiger partial charge in [0.15, 0.2) is 0 Å². The van der Waals surface area contributed by atoms with Crippen molar-refractivity contribution in [3.63, 3.8) is 0 Å². The standard InChI is InChI=1S/C11H9N3O2/c15-14(16)11-9(4-3-7-13-11)8-10-5-1-2-6-12-10/h1-7H,8H2. The molecule has 0 atom stereocenters. The molecule has 0 spiro atoms. The first-order chi connectivity index (χ1) is 7.77. The zero-order valence-corrected chi connectivity index (χ0v) is 8.41. The van der Waals surface area contributed by atoms with Crippen LogP contribution in [0.15, 0.2) is 42.7 Å². The molecule has 0 aliphatic rings. The molecule has 0 aromatic carbocycles. The van der Waals surface area contributed by atoms with E-state index in [1.54, 1.807) is 24.4 Å². The second-order valence-electron chi connectivity index (χ2n) is 3.24. The average molecular weight is 215 g/mol. The molecule has 0 saturated carbocycles. The van der Waals surface area contributed by atoms with Gasteiger partial charge in [-0.15, -0.1) is 0 Å². The molecule has 80 valence electrons. The van der Waals surface area contributed by atoms with E-state index in [2.05, 4.69) is 9.97 Å². The molecule has 0 bridgehead atoms. The van der Waals surface area contributed by atoms with Gasteiger partial charge in [-0.05, 0) is 34.2 Å². The van der Waals surface area contributed by atoms with Gasteiger partial charge in [0.2, 0.25) is 0 Å². The molecule has 2 aromatic heterocycles. The largest absolute Gasteiger partial charge is 0.366 e. The van der Waals surface area contributed by atoms with Crippen LogP contribution in [0.2, 0.25) is 0 Å². The van der Waals surface area contributed by atoms with Crippen molar-refractivity contribution in [2.24, 2.45) is 0 Å². The quantitative estimate of drug-likeness (QED) is 0.579. The number of aromatic nitrogens is 2. The Morgan fingerprint density at radius 2 is 1.94 bits per heavy atom. The predicted molar refractivity (Wildman–Crippen MR) is 57.9 cm³/mol. The summed E-state index contributed by atoms with van der Waals surface area (Å²) < 4.78 is 0. The topological polar surface area (TPSA) is 68.9 Å². The Morgan fingerprint density at radius 3 is 2.62 bits per heavy atom. The van der Waals surface area contributed by atoms with E-state index in [-0.39, 0.29) is 5.82 Å². The van der Waals surface area contributed by atoms with Crippen LogP contribution in [0.3, 0.4) is 0 Å². The van der Waals surface area contributed by atoms with Crippen LogP contribution >= 0.6 is 0 Å². The molecule has 2 rings (SSSR count). The lowest BCUT2D eigenvalue weighted by Gasteiger charge is -2.01. The molecule has 0 aliphatic carbocycles. The summed E-state index contributed by atoms with van der Waals surface area (Å²) in [5.74, 6) is -0.104. The van der Waals surface area contributed by atoms with E-state index in [1.807, 2.05) is 12.1 Å². The van der Waals surface area contributed by atoms with Crippen LogP contribution in [-0.2, 0) is 6.42 Å². The van der Waals surface area contributed by atoms with Gasteiger partial charge in [0.25, 0.3) is 0 Å². The molecule has 0 N–H and O–H groups in total. The molecular weight excluding hydrogens is 206 g/mol. The summed E-state index contributed by atoms with van der Waals surface area (Å²) in [4.78, 5) is 18.1. The normalized spacial score (nSPS) is 10.0. The maximum atomic E-state index is 10.7. The van der Waals surface area contributed by atoms with Crippen LogP contribution in [0.1, 0.15) is 11.3 Å². The van der Waals surface area contributed by atoms with Crippen molar-refractivity contribution in [1.29, 1.82) is 0 Å². The van der Waals surface area contributed by atoms with Gasteiger partial charge in [0.05, 0.1) is 5.56 Å². The molecule has 16 heavy (non-hydrogen) atoms. The SMILES string of the molecule is O=[N+]([O-])c1ncccc1Cc1ccccn1. The number of hydrogen-bond donors (Lipinski definition) is 0. The highest BCUT2D eigenvalue weighted by Gasteiger charge is 2.14. The van der Waals surface area contributed by atoms with Crippen LogP contribution in [0.4, 0.5) is 5.82 Å². The van der Waals surface area contributed by atoms with E-state index in [4.69, 9.17) is 0 Å². The molecular formula is C11H9N3O2. The third kappa shape index (κ3) is 2.20. The highest BCUT2D eigenvalue weighted by Crippen LogP contribution is 2.17. The number of nitro groups is 1. The average Bonchev–Trinajstić information content (AvgIpc) is 2.31. The number of hydrogen-bond acceptors (Lipinski definition) is 4. The number of pyridine rings is 2. The van der Waals surface area contributed by atoms with Gasteiger partial charge < -0.3 is 10.1 Å². The van der Waals surface area contributed by atoms with Gasteiger partial charge in [-0.3, -0.25) is 4.98 Å². The molecule has 5 heteroatoms. The molecule has 0 radical (unpaired) electrons. The monoisotopic (exact) mass is 215 g/mol. The summed E-state index contributed by atoms with van der Waals surface area (Å²) in [6.45, 7) is 0. The fraction of sp³-hybridized carbons (Fsp3) is 0.0909. The van der Waals surface area contributed by atoms with Gasteiger partial charge >= 0.3 is 5.82 Å². The minimum atomic E-state index is -0.474. The molecule has 0 fully saturated rings. The lowest BCUT2D eigenvalue weighted by atomic mass is 10.1. The Labute approximate surface area is 91.9 Å². The van der Waals surface area contributed by atoms with Crippen molar-refractivity contribution in [2.45, 2.75) is 6.42 Å². The van der Waals surface area contributed by atoms with Crippen LogP contribution in [-0.4, -0.2) is 14.9 Å². The molecule has 0 saturated heterocycles. The van der Waals surface area contributed by atoms with Crippen molar-refractivity contribution in [1.82, 2.24) is 9.97 Å². The molecule has 2 heterocycles. The summed E-state index contributed by atoms with van der Waals surface area (Å²) in [6, 6.07) is 8.87. The second kappa shape index (κ2) is 4.48. The molecule has 0 aliphatic heterocycles. The summed E-state index contributed by atoms with van der Waals surface area (Å²) in [6.07, 6.45) is 3.50. The molecule has 2 aromatic rings. The van der Waals surface area contributed by atoms with Gasteiger partial charge in [0, 0.05) is 18.3 Å². The Bertz CT molecular complexity index is 500. The summed E-state index contributed by atoms with van der Waals surface area (Å²) >= 11 is 0. The second-order valence-corrected chi connectivity index (χ2v) is 3.24. The van der Waals surface area contributed by atoms with Crippen LogP contribution < -0.4 is 0 Å². The van der Waals surface area contributed by atoms with Crippen LogP contribution in [0, 0.1) is 10.1 Å². The Morgan fingerprint density at radius 1 is 1.12 bits per heavy atom. The fourth-order valence-electron chi connectivity index (χ4n) is 1.43. The minimum absolute atomic E-state index is 0.104. The van der Waals surface area contributed by atoms with E-state index in [1.165, 1.54) is 6.20 Å². The highest BCUT2D eigenvalue weighted by atomic mass is 16.6. The van der Waals surface area contributed by atoms with Crippen molar-refractivity contribution in [3.05, 3.63) is 64.1 Å². The maximum Gasteiger partial charge on any atom is 0.366 e. The number of nitrogens with zero attached hydrogens (tertiary/aromatic N) is 3. The Kier molecular flexibility index (Phi) is 2.86. The van der Waals surface area contributed by atoms with Crippen molar-refractivity contribution in [2.75, 3.05) is 0 Å². The smallest absolute Gasteiger partial charge is 0.358 e. The van der Waals surface area contributed by atoms with E-state index in [0.717, 1.165) is 5.69 Å². The summed E-state index contributed by atoms with van der Waals surface area (Å²) in [5, 5.41) is 10.7. The van der Waals surface area contributed by atoms with Crippen molar-refractivity contribution in [3.8, 4) is 0 Å². The van der Waals surface area contributed by atoms with Gasteiger partial charge in [-0.1, -0.05) is 6.07 Å². The molecule has 0 amide bonds. The van der Waals surface area contributed by atoms with E-state index < -0.39 is 4.92 Å².